The lowest BCUT2D eigenvalue weighted by Gasteiger charge is -1.82. The minimum absolute atomic E-state index is 0.724. The van der Waals surface area contributed by atoms with Gasteiger partial charge in [-0.3, -0.25) is 4.79 Å². The maximum atomic E-state index is 9.98. The van der Waals surface area contributed by atoms with E-state index < -0.39 is 0 Å². The van der Waals surface area contributed by atoms with Crippen molar-refractivity contribution in [1.29, 1.82) is 0 Å². The minimum Gasteiger partial charge on any atom is -0.394 e. The first-order valence-electron chi connectivity index (χ1n) is 2.77. The van der Waals surface area contributed by atoms with E-state index in [9.17, 15) is 4.79 Å². The van der Waals surface area contributed by atoms with E-state index in [2.05, 4.69) is 5.32 Å². The number of aldehydes is 1. The van der Waals surface area contributed by atoms with Crippen molar-refractivity contribution in [2.24, 2.45) is 0 Å². The fraction of sp³-hybridized carbons (Fsp3) is 0.286. The molecule has 0 saturated carbocycles. The molecule has 2 heteroatoms. The van der Waals surface area contributed by atoms with Crippen LogP contribution >= 0.6 is 0 Å². The van der Waals surface area contributed by atoms with Gasteiger partial charge in [0.2, 0.25) is 0 Å². The van der Waals surface area contributed by atoms with Crippen LogP contribution in [0.15, 0.2) is 23.9 Å². The topological polar surface area (TPSA) is 29.1 Å². The van der Waals surface area contributed by atoms with Crippen molar-refractivity contribution in [3.8, 4) is 0 Å². The normalized spacial score (nSPS) is 12.0. The van der Waals surface area contributed by atoms with Crippen molar-refractivity contribution >= 4 is 6.29 Å². The second kappa shape index (κ2) is 5.09. The quantitative estimate of drug-likeness (QED) is 0.344. The monoisotopic (exact) mass is 125 g/mol. The highest BCUT2D eigenvalue weighted by Gasteiger charge is 1.76. The van der Waals surface area contributed by atoms with Crippen LogP contribution in [0.3, 0.4) is 0 Å². The van der Waals surface area contributed by atoms with Crippen LogP contribution < -0.4 is 5.32 Å². The maximum absolute atomic E-state index is 9.98. The average Bonchev–Trinajstić information content (AvgIpc) is 1.89. The van der Waals surface area contributed by atoms with Crippen molar-refractivity contribution in [2.45, 2.75) is 6.92 Å². The summed E-state index contributed by atoms with van der Waals surface area (Å²) < 4.78 is 0. The molecule has 0 heterocycles. The predicted octanol–water partition coefficient (Wildman–Crippen LogP) is 0.865. The molecule has 2 nitrogen and oxygen atoms in total. The first-order valence-corrected chi connectivity index (χ1v) is 2.77. The van der Waals surface area contributed by atoms with Crippen molar-refractivity contribution in [2.75, 3.05) is 7.05 Å². The van der Waals surface area contributed by atoms with Crippen molar-refractivity contribution in [3.63, 3.8) is 0 Å². The van der Waals surface area contributed by atoms with Crippen LogP contribution in [0.1, 0.15) is 6.92 Å². The van der Waals surface area contributed by atoms with Gasteiger partial charge in [0.15, 0.2) is 0 Å². The van der Waals surface area contributed by atoms with Gasteiger partial charge in [-0.2, -0.15) is 0 Å². The Bertz CT molecular complexity index is 136. The lowest BCUT2D eigenvalue weighted by atomic mass is 10.3. The number of carbonyl (C=O) groups is 1. The summed E-state index contributed by atoms with van der Waals surface area (Å²) >= 11 is 0. The molecule has 0 fully saturated rings. The molecule has 0 saturated heterocycles. The van der Waals surface area contributed by atoms with E-state index in [1.165, 1.54) is 0 Å². The summed E-state index contributed by atoms with van der Waals surface area (Å²) in [5.74, 6) is 0. The Morgan fingerprint density at radius 3 is 2.67 bits per heavy atom. The molecular weight excluding hydrogens is 114 g/mol. The van der Waals surface area contributed by atoms with Gasteiger partial charge in [-0.15, -0.1) is 0 Å². The summed E-state index contributed by atoms with van der Waals surface area (Å²) in [6.45, 7) is 1.76. The molecule has 0 rings (SSSR count). The molecule has 0 atom stereocenters. The fourth-order valence-corrected chi connectivity index (χ4v) is 0.335. The third-order valence-electron chi connectivity index (χ3n) is 0.808. The van der Waals surface area contributed by atoms with Gasteiger partial charge in [-0.1, -0.05) is 6.08 Å². The summed E-state index contributed by atoms with van der Waals surface area (Å²) in [5.41, 5.74) is 0.724. The molecule has 0 radical (unpaired) electrons. The predicted molar refractivity (Wildman–Crippen MR) is 38.0 cm³/mol. The average molecular weight is 125 g/mol. The van der Waals surface area contributed by atoms with Crippen molar-refractivity contribution in [1.82, 2.24) is 5.32 Å². The SMILES string of the molecule is CN/C=C\C=C(\C)C=O. The van der Waals surface area contributed by atoms with Gasteiger partial charge < -0.3 is 5.32 Å². The van der Waals surface area contributed by atoms with Gasteiger partial charge in [0.05, 0.1) is 0 Å². The summed E-state index contributed by atoms with van der Waals surface area (Å²) in [4.78, 5) is 9.98. The smallest absolute Gasteiger partial charge is 0.145 e. The Hall–Kier alpha value is -1.05. The third kappa shape index (κ3) is 4.81. The Kier molecular flexibility index (Phi) is 4.50. The zero-order valence-electron chi connectivity index (χ0n) is 5.72. The third-order valence-corrected chi connectivity index (χ3v) is 0.808. The second-order valence-corrected chi connectivity index (χ2v) is 1.68. The highest BCUT2D eigenvalue weighted by molar-refractivity contribution is 5.72. The Morgan fingerprint density at radius 2 is 2.22 bits per heavy atom. The van der Waals surface area contributed by atoms with Crippen molar-refractivity contribution in [3.05, 3.63) is 23.9 Å². The summed E-state index contributed by atoms with van der Waals surface area (Å²) in [6, 6.07) is 0. The summed E-state index contributed by atoms with van der Waals surface area (Å²) in [7, 11) is 1.81. The second-order valence-electron chi connectivity index (χ2n) is 1.68. The van der Waals surface area contributed by atoms with E-state index in [1.54, 1.807) is 32.3 Å². The lowest BCUT2D eigenvalue weighted by Crippen LogP contribution is -1.89. The largest absolute Gasteiger partial charge is 0.394 e. The fourth-order valence-electron chi connectivity index (χ4n) is 0.335. The number of nitrogens with one attached hydrogen (secondary N) is 1. The van der Waals surface area contributed by atoms with Crippen LogP contribution in [-0.4, -0.2) is 13.3 Å². The molecule has 0 aromatic rings. The van der Waals surface area contributed by atoms with E-state index in [-0.39, 0.29) is 0 Å². The minimum atomic E-state index is 0.724. The van der Waals surface area contributed by atoms with E-state index in [1.807, 2.05) is 0 Å². The molecule has 0 bridgehead atoms. The molecule has 1 N–H and O–H groups in total. The number of hydrogen-bond donors (Lipinski definition) is 1. The molecule has 0 aromatic heterocycles. The van der Waals surface area contributed by atoms with Crippen LogP contribution in [0.2, 0.25) is 0 Å². The van der Waals surface area contributed by atoms with E-state index in [0.29, 0.717) is 0 Å². The maximum Gasteiger partial charge on any atom is 0.145 e. The van der Waals surface area contributed by atoms with Crippen molar-refractivity contribution < 1.29 is 4.79 Å². The molecular formula is C7H11NO. The molecule has 0 aliphatic carbocycles. The van der Waals surface area contributed by atoms with Crippen LogP contribution in [0.5, 0.6) is 0 Å². The van der Waals surface area contributed by atoms with Crippen LogP contribution in [0, 0.1) is 0 Å². The molecule has 0 aliphatic rings. The van der Waals surface area contributed by atoms with Gasteiger partial charge >= 0.3 is 0 Å². The van der Waals surface area contributed by atoms with Gasteiger partial charge in [-0.25, -0.2) is 0 Å². The van der Waals surface area contributed by atoms with E-state index >= 15 is 0 Å². The molecule has 0 aliphatic heterocycles. The van der Waals surface area contributed by atoms with Crippen LogP contribution in [0.4, 0.5) is 0 Å². The molecule has 9 heavy (non-hydrogen) atoms. The Balaban J connectivity index is 3.68. The highest BCUT2D eigenvalue weighted by atomic mass is 16.1. The number of hydrogen-bond acceptors (Lipinski definition) is 2. The molecule has 50 valence electrons. The molecule has 0 amide bonds. The first-order chi connectivity index (χ1) is 4.31. The molecule has 0 aromatic carbocycles. The van der Waals surface area contributed by atoms with Crippen LogP contribution in [-0.2, 0) is 4.79 Å². The molecule has 0 unspecified atom stereocenters. The van der Waals surface area contributed by atoms with Crippen LogP contribution in [0.25, 0.3) is 0 Å². The van der Waals surface area contributed by atoms with E-state index in [0.717, 1.165) is 11.9 Å². The Labute approximate surface area is 55.3 Å². The summed E-state index contributed by atoms with van der Waals surface area (Å²) in [5, 5.41) is 2.81. The summed E-state index contributed by atoms with van der Waals surface area (Å²) in [6.07, 6.45) is 6.10. The molecule has 0 spiro atoms. The van der Waals surface area contributed by atoms with Gasteiger partial charge in [-0.05, 0) is 24.8 Å². The van der Waals surface area contributed by atoms with Gasteiger partial charge in [0.25, 0.3) is 0 Å². The highest BCUT2D eigenvalue weighted by Crippen LogP contribution is 1.84. The first kappa shape index (κ1) is 7.95. The van der Waals surface area contributed by atoms with Gasteiger partial charge in [0.1, 0.15) is 6.29 Å². The zero-order valence-corrected chi connectivity index (χ0v) is 5.72. The zero-order chi connectivity index (χ0) is 7.11. The van der Waals surface area contributed by atoms with E-state index in [4.69, 9.17) is 0 Å². The number of allylic oxidation sites excluding steroid dienone is 3. The Morgan fingerprint density at radius 1 is 1.56 bits per heavy atom. The standard InChI is InChI=1S/C7H11NO/c1-7(6-9)4-3-5-8-2/h3-6,8H,1-2H3/b5-3-,7-4-. The van der Waals surface area contributed by atoms with Gasteiger partial charge in [0, 0.05) is 7.05 Å². The lowest BCUT2D eigenvalue weighted by molar-refractivity contribution is -0.104. The number of rotatable bonds is 3. The number of carbonyl (C=O) groups excluding carboxylic acids is 1.